The van der Waals surface area contributed by atoms with Gasteiger partial charge in [0.2, 0.25) is 0 Å². The molecule has 0 bridgehead atoms. The maximum atomic E-state index is 12.2. The Morgan fingerprint density at radius 2 is 1.81 bits per heavy atom. The lowest BCUT2D eigenvalue weighted by Crippen LogP contribution is -2.22. The van der Waals surface area contributed by atoms with E-state index in [-0.39, 0.29) is 5.91 Å². The third-order valence-corrected chi connectivity index (χ3v) is 4.04. The van der Waals surface area contributed by atoms with Crippen LogP contribution in [-0.2, 0) is 6.54 Å². The van der Waals surface area contributed by atoms with Crippen molar-refractivity contribution in [3.05, 3.63) is 72.2 Å². The summed E-state index contributed by atoms with van der Waals surface area (Å²) in [7, 11) is 0. The number of fused-ring (bicyclic) bond motifs is 1. The van der Waals surface area contributed by atoms with Gasteiger partial charge in [-0.3, -0.25) is 9.78 Å². The minimum atomic E-state index is -0.176. The van der Waals surface area contributed by atoms with Gasteiger partial charge in [-0.05, 0) is 42.0 Å². The number of ether oxygens (including phenoxy) is 2. The van der Waals surface area contributed by atoms with Crippen LogP contribution in [0.15, 0.2) is 61.1 Å². The summed E-state index contributed by atoms with van der Waals surface area (Å²) in [6.45, 7) is 1.54. The van der Waals surface area contributed by atoms with Crippen LogP contribution in [-0.4, -0.2) is 29.1 Å². The Balaban J connectivity index is 1.38. The molecule has 0 unspecified atom stereocenters. The molecule has 3 aromatic rings. The highest BCUT2D eigenvalue weighted by Gasteiger charge is 2.12. The number of hydrogen-bond donors (Lipinski definition) is 2. The maximum absolute atomic E-state index is 12.2. The number of nitrogens with zero attached hydrogens (tertiary/aromatic N) is 2. The lowest BCUT2D eigenvalue weighted by molar-refractivity contribution is 0.0950. The van der Waals surface area contributed by atoms with E-state index in [1.807, 2.05) is 30.3 Å². The fourth-order valence-corrected chi connectivity index (χ4v) is 2.66. The number of nitrogens with one attached hydrogen (secondary N) is 2. The van der Waals surface area contributed by atoms with Crippen LogP contribution >= 0.6 is 0 Å². The molecule has 0 spiro atoms. The van der Waals surface area contributed by atoms with Crippen LogP contribution in [0, 0.1) is 0 Å². The molecule has 0 aliphatic carbocycles. The van der Waals surface area contributed by atoms with Gasteiger partial charge in [0.05, 0.1) is 5.56 Å². The number of carbonyl (C=O) groups excluding carboxylic acids is 1. The van der Waals surface area contributed by atoms with Gasteiger partial charge < -0.3 is 20.1 Å². The number of amides is 1. The van der Waals surface area contributed by atoms with E-state index in [2.05, 4.69) is 20.6 Å². The Morgan fingerprint density at radius 1 is 1.00 bits per heavy atom. The summed E-state index contributed by atoms with van der Waals surface area (Å²) in [5.74, 6) is 1.90. The molecule has 136 valence electrons. The first-order valence-corrected chi connectivity index (χ1v) is 8.58. The first kappa shape index (κ1) is 16.8. The van der Waals surface area contributed by atoms with Crippen molar-refractivity contribution in [3.63, 3.8) is 0 Å². The van der Waals surface area contributed by atoms with Gasteiger partial charge in [-0.25, -0.2) is 4.98 Å². The molecule has 0 radical (unpaired) electrons. The molecule has 0 saturated carbocycles. The minimum Gasteiger partial charge on any atom is -0.486 e. The quantitative estimate of drug-likeness (QED) is 0.726. The van der Waals surface area contributed by atoms with Gasteiger partial charge in [0.15, 0.2) is 11.5 Å². The Hall–Kier alpha value is -3.61. The highest BCUT2D eigenvalue weighted by Crippen LogP contribution is 2.33. The molecule has 2 aromatic heterocycles. The summed E-state index contributed by atoms with van der Waals surface area (Å²) in [4.78, 5) is 20.5. The summed E-state index contributed by atoms with van der Waals surface area (Å²) in [5.41, 5.74) is 2.32. The summed E-state index contributed by atoms with van der Waals surface area (Å²) < 4.78 is 11.1. The second-order valence-corrected chi connectivity index (χ2v) is 5.95. The molecular formula is C20H18N4O3. The molecule has 7 nitrogen and oxygen atoms in total. The molecule has 1 aliphatic rings. The number of pyridine rings is 2. The number of anilines is 2. The van der Waals surface area contributed by atoms with Crippen molar-refractivity contribution >= 4 is 17.4 Å². The molecule has 7 heteroatoms. The number of carbonyl (C=O) groups is 1. The molecular weight excluding hydrogens is 344 g/mol. The number of hydrogen-bond acceptors (Lipinski definition) is 6. The monoisotopic (exact) mass is 362 g/mol. The van der Waals surface area contributed by atoms with Crippen LogP contribution in [0.3, 0.4) is 0 Å². The van der Waals surface area contributed by atoms with E-state index in [4.69, 9.17) is 9.47 Å². The zero-order valence-corrected chi connectivity index (χ0v) is 14.5. The molecule has 0 atom stereocenters. The second kappa shape index (κ2) is 7.74. The fourth-order valence-electron chi connectivity index (χ4n) is 2.66. The van der Waals surface area contributed by atoms with E-state index in [9.17, 15) is 4.79 Å². The fraction of sp³-hybridized carbons (Fsp3) is 0.150. The molecule has 2 N–H and O–H groups in total. The average molecular weight is 362 g/mol. The number of rotatable bonds is 5. The van der Waals surface area contributed by atoms with Gasteiger partial charge in [0, 0.05) is 36.9 Å². The van der Waals surface area contributed by atoms with Crippen LogP contribution < -0.4 is 20.1 Å². The number of benzene rings is 1. The van der Waals surface area contributed by atoms with Crippen molar-refractivity contribution in [3.8, 4) is 11.5 Å². The van der Waals surface area contributed by atoms with Gasteiger partial charge in [0.1, 0.15) is 19.0 Å². The molecule has 0 saturated heterocycles. The lowest BCUT2D eigenvalue weighted by atomic mass is 10.2. The molecule has 0 fully saturated rings. The zero-order valence-electron chi connectivity index (χ0n) is 14.5. The van der Waals surface area contributed by atoms with Crippen molar-refractivity contribution < 1.29 is 14.3 Å². The van der Waals surface area contributed by atoms with Crippen LogP contribution in [0.4, 0.5) is 11.5 Å². The van der Waals surface area contributed by atoms with E-state index >= 15 is 0 Å². The largest absolute Gasteiger partial charge is 0.486 e. The van der Waals surface area contributed by atoms with E-state index in [0.717, 1.165) is 17.0 Å². The average Bonchev–Trinajstić information content (AvgIpc) is 2.73. The second-order valence-electron chi connectivity index (χ2n) is 5.95. The predicted molar refractivity (Wildman–Crippen MR) is 100 cm³/mol. The molecule has 1 aromatic carbocycles. The molecule has 4 rings (SSSR count). The van der Waals surface area contributed by atoms with E-state index in [1.165, 1.54) is 0 Å². The normalized spacial score (nSPS) is 12.3. The topological polar surface area (TPSA) is 85.4 Å². The van der Waals surface area contributed by atoms with Crippen molar-refractivity contribution in [1.29, 1.82) is 0 Å². The summed E-state index contributed by atoms with van der Waals surface area (Å²) in [6.07, 6.45) is 4.94. The highest BCUT2D eigenvalue weighted by molar-refractivity contribution is 5.94. The summed E-state index contributed by atoms with van der Waals surface area (Å²) in [6, 6.07) is 12.8. The first-order valence-electron chi connectivity index (χ1n) is 8.58. The van der Waals surface area contributed by atoms with Crippen molar-refractivity contribution in [2.24, 2.45) is 0 Å². The van der Waals surface area contributed by atoms with Crippen molar-refractivity contribution in [2.75, 3.05) is 18.5 Å². The van der Waals surface area contributed by atoms with Gasteiger partial charge in [0.25, 0.3) is 5.91 Å². The van der Waals surface area contributed by atoms with Crippen LogP contribution in [0.2, 0.25) is 0 Å². The molecule has 3 heterocycles. The van der Waals surface area contributed by atoms with E-state index in [0.29, 0.717) is 36.9 Å². The third kappa shape index (κ3) is 4.14. The third-order valence-electron chi connectivity index (χ3n) is 4.04. The maximum Gasteiger partial charge on any atom is 0.253 e. The Kier molecular flexibility index (Phi) is 4.82. The van der Waals surface area contributed by atoms with Crippen molar-refractivity contribution in [2.45, 2.75) is 6.54 Å². The Labute approximate surface area is 156 Å². The van der Waals surface area contributed by atoms with E-state index in [1.54, 1.807) is 30.7 Å². The predicted octanol–water partition coefficient (Wildman–Crippen LogP) is 2.92. The smallest absolute Gasteiger partial charge is 0.253 e. The van der Waals surface area contributed by atoms with Gasteiger partial charge in [-0.15, -0.1) is 0 Å². The molecule has 1 amide bonds. The first-order chi connectivity index (χ1) is 13.3. The van der Waals surface area contributed by atoms with E-state index < -0.39 is 0 Å². The lowest BCUT2D eigenvalue weighted by Gasteiger charge is -2.19. The van der Waals surface area contributed by atoms with Crippen LogP contribution in [0.25, 0.3) is 0 Å². The Bertz CT molecular complexity index is 930. The van der Waals surface area contributed by atoms with Gasteiger partial charge in [-0.1, -0.05) is 0 Å². The summed E-state index contributed by atoms with van der Waals surface area (Å²) in [5, 5.41) is 6.05. The number of aromatic nitrogens is 2. The van der Waals surface area contributed by atoms with Gasteiger partial charge >= 0.3 is 0 Å². The standard InChI is InChI=1S/C20H18N4O3/c25-20(23-12-14-5-7-21-8-6-14)15-1-4-19(22-13-15)24-16-2-3-17-18(11-16)27-10-9-26-17/h1-8,11,13H,9-10,12H2,(H,22,24)(H,23,25). The molecule has 1 aliphatic heterocycles. The minimum absolute atomic E-state index is 0.176. The van der Waals surface area contributed by atoms with Crippen molar-refractivity contribution in [1.82, 2.24) is 15.3 Å². The zero-order chi connectivity index (χ0) is 18.5. The van der Waals surface area contributed by atoms with Crippen LogP contribution in [0.1, 0.15) is 15.9 Å². The molecule has 27 heavy (non-hydrogen) atoms. The summed E-state index contributed by atoms with van der Waals surface area (Å²) >= 11 is 0. The SMILES string of the molecule is O=C(NCc1ccncc1)c1ccc(Nc2ccc3c(c2)OCCO3)nc1. The van der Waals surface area contributed by atoms with Gasteiger partial charge in [-0.2, -0.15) is 0 Å². The van der Waals surface area contributed by atoms with Crippen LogP contribution in [0.5, 0.6) is 11.5 Å². The highest BCUT2D eigenvalue weighted by atomic mass is 16.6. The Morgan fingerprint density at radius 3 is 2.59 bits per heavy atom.